The number of ether oxygens (including phenoxy) is 1. The summed E-state index contributed by atoms with van der Waals surface area (Å²) in [7, 11) is 1.68. The minimum absolute atomic E-state index is 0.0255. The minimum Gasteiger partial charge on any atom is -0.497 e. The quantitative estimate of drug-likeness (QED) is 0.751. The Labute approximate surface area is 153 Å². The summed E-state index contributed by atoms with van der Waals surface area (Å²) in [6.45, 7) is 2.66. The molecule has 0 bridgehead atoms. The molecule has 4 heteroatoms. The van der Waals surface area contributed by atoms with Crippen LogP contribution in [0.3, 0.4) is 0 Å². The van der Waals surface area contributed by atoms with Gasteiger partial charge in [-0.05, 0) is 55.5 Å². The maximum atomic E-state index is 12.7. The molecule has 0 saturated carbocycles. The topological polar surface area (TPSA) is 54.1 Å². The van der Waals surface area contributed by atoms with E-state index in [4.69, 9.17) is 4.74 Å². The van der Waals surface area contributed by atoms with E-state index in [2.05, 4.69) is 47.6 Å². The number of carbonyl (C=O) groups excluding carboxylic acids is 1. The van der Waals surface area contributed by atoms with Crippen LogP contribution in [0.1, 0.15) is 28.8 Å². The normalized spacial score (nSPS) is 16.3. The predicted molar refractivity (Wildman–Crippen MR) is 103 cm³/mol. The molecule has 0 spiro atoms. The monoisotopic (exact) mass is 348 g/mol. The van der Waals surface area contributed by atoms with E-state index in [0.717, 1.165) is 36.1 Å². The number of methoxy groups -OCH3 is 1. The van der Waals surface area contributed by atoms with Crippen LogP contribution in [0.5, 0.6) is 5.75 Å². The number of aryl methyl sites for hydroxylation is 2. The molecular formula is C22H24N2O2. The Kier molecular flexibility index (Phi) is 4.41. The van der Waals surface area contributed by atoms with Crippen molar-refractivity contribution in [3.63, 3.8) is 0 Å². The third-order valence-electron chi connectivity index (χ3n) is 5.32. The zero-order valence-corrected chi connectivity index (χ0v) is 15.3. The summed E-state index contributed by atoms with van der Waals surface area (Å²) >= 11 is 0. The van der Waals surface area contributed by atoms with Crippen molar-refractivity contribution in [2.24, 2.45) is 5.92 Å². The second-order valence-electron chi connectivity index (χ2n) is 7.14. The summed E-state index contributed by atoms with van der Waals surface area (Å²) < 4.78 is 5.36. The molecule has 0 radical (unpaired) electrons. The van der Waals surface area contributed by atoms with Gasteiger partial charge in [-0.3, -0.25) is 4.79 Å². The Bertz CT molecular complexity index is 958. The van der Waals surface area contributed by atoms with E-state index in [9.17, 15) is 4.79 Å². The molecule has 1 aromatic heterocycles. The summed E-state index contributed by atoms with van der Waals surface area (Å²) in [5.41, 5.74) is 6.01. The third kappa shape index (κ3) is 3.19. The number of hydrogen-bond acceptors (Lipinski definition) is 2. The number of benzene rings is 2. The number of amides is 1. The number of nitrogens with one attached hydrogen (secondary N) is 2. The number of H-pyrrole nitrogens is 1. The molecule has 26 heavy (non-hydrogen) atoms. The first-order chi connectivity index (χ1) is 12.6. The maximum absolute atomic E-state index is 12.7. The predicted octanol–water partition coefficient (Wildman–Crippen LogP) is 3.91. The first-order valence-corrected chi connectivity index (χ1v) is 9.15. The Balaban J connectivity index is 1.49. The largest absolute Gasteiger partial charge is 0.497 e. The van der Waals surface area contributed by atoms with Crippen molar-refractivity contribution in [3.05, 3.63) is 64.8 Å². The first kappa shape index (κ1) is 16.7. The average Bonchev–Trinajstić information content (AvgIpc) is 3.03. The van der Waals surface area contributed by atoms with Gasteiger partial charge in [0.25, 0.3) is 0 Å². The molecule has 1 aliphatic rings. The summed E-state index contributed by atoms with van der Waals surface area (Å²) in [6, 6.07) is 14.4. The Morgan fingerprint density at radius 2 is 2.15 bits per heavy atom. The van der Waals surface area contributed by atoms with Crippen molar-refractivity contribution in [3.8, 4) is 5.75 Å². The van der Waals surface area contributed by atoms with E-state index in [1.165, 1.54) is 22.2 Å². The summed E-state index contributed by atoms with van der Waals surface area (Å²) in [4.78, 5) is 16.2. The SMILES string of the molecule is COc1ccc2[nH]c3c(c2c1)CC(C(=O)NCc1cccc(C)c1)CC3. The van der Waals surface area contributed by atoms with Crippen LogP contribution in [0.15, 0.2) is 42.5 Å². The zero-order valence-electron chi connectivity index (χ0n) is 15.3. The number of aromatic nitrogens is 1. The molecule has 2 aromatic carbocycles. The summed E-state index contributed by atoms with van der Waals surface area (Å²) in [6.07, 6.45) is 2.58. The smallest absolute Gasteiger partial charge is 0.223 e. The molecule has 1 heterocycles. The van der Waals surface area contributed by atoms with Crippen LogP contribution >= 0.6 is 0 Å². The lowest BCUT2D eigenvalue weighted by atomic mass is 9.85. The van der Waals surface area contributed by atoms with E-state index < -0.39 is 0 Å². The summed E-state index contributed by atoms with van der Waals surface area (Å²) in [5, 5.41) is 4.29. The van der Waals surface area contributed by atoms with Gasteiger partial charge in [0.05, 0.1) is 7.11 Å². The van der Waals surface area contributed by atoms with Gasteiger partial charge in [0.1, 0.15) is 5.75 Å². The first-order valence-electron chi connectivity index (χ1n) is 9.15. The fraction of sp³-hybridized carbons (Fsp3) is 0.318. The Morgan fingerprint density at radius 3 is 2.96 bits per heavy atom. The highest BCUT2D eigenvalue weighted by Crippen LogP contribution is 2.33. The van der Waals surface area contributed by atoms with Crippen LogP contribution in [0.25, 0.3) is 10.9 Å². The molecule has 1 amide bonds. The molecule has 1 atom stereocenters. The van der Waals surface area contributed by atoms with Gasteiger partial charge in [0.15, 0.2) is 0 Å². The van der Waals surface area contributed by atoms with E-state index in [-0.39, 0.29) is 11.8 Å². The number of hydrogen-bond donors (Lipinski definition) is 2. The van der Waals surface area contributed by atoms with Crippen molar-refractivity contribution in [2.75, 3.05) is 7.11 Å². The molecule has 0 saturated heterocycles. The molecule has 0 fully saturated rings. The molecule has 134 valence electrons. The molecule has 4 rings (SSSR count). The lowest BCUT2D eigenvalue weighted by Gasteiger charge is -2.22. The van der Waals surface area contributed by atoms with Gasteiger partial charge in [0, 0.05) is 29.1 Å². The van der Waals surface area contributed by atoms with Crippen molar-refractivity contribution < 1.29 is 9.53 Å². The zero-order chi connectivity index (χ0) is 18.1. The molecule has 4 nitrogen and oxygen atoms in total. The second-order valence-corrected chi connectivity index (χ2v) is 7.14. The maximum Gasteiger partial charge on any atom is 0.223 e. The van der Waals surface area contributed by atoms with Gasteiger partial charge in [-0.1, -0.05) is 29.8 Å². The van der Waals surface area contributed by atoms with Crippen LogP contribution in [-0.4, -0.2) is 18.0 Å². The van der Waals surface area contributed by atoms with Crippen LogP contribution in [0.2, 0.25) is 0 Å². The van der Waals surface area contributed by atoms with Crippen molar-refractivity contribution in [2.45, 2.75) is 32.7 Å². The molecule has 2 N–H and O–H groups in total. The number of aromatic amines is 1. The molecule has 1 unspecified atom stereocenters. The lowest BCUT2D eigenvalue weighted by Crippen LogP contribution is -2.33. The summed E-state index contributed by atoms with van der Waals surface area (Å²) in [5.74, 6) is 1.03. The van der Waals surface area contributed by atoms with Gasteiger partial charge >= 0.3 is 0 Å². The molecule has 3 aromatic rings. The van der Waals surface area contributed by atoms with E-state index >= 15 is 0 Å². The highest BCUT2D eigenvalue weighted by atomic mass is 16.5. The van der Waals surface area contributed by atoms with Crippen LogP contribution in [0.4, 0.5) is 0 Å². The molecule has 1 aliphatic carbocycles. The second kappa shape index (κ2) is 6.87. The number of carbonyl (C=O) groups is 1. The molecular weight excluding hydrogens is 324 g/mol. The standard InChI is InChI=1S/C22H24N2O2/c1-14-4-3-5-15(10-14)13-23-22(25)16-6-8-20-18(11-16)19-12-17(26-2)7-9-21(19)24-20/h3-5,7,9-10,12,16,24H,6,8,11,13H2,1-2H3,(H,23,25). The molecule has 0 aliphatic heterocycles. The Hall–Kier alpha value is -2.75. The fourth-order valence-corrected chi connectivity index (χ4v) is 3.90. The lowest BCUT2D eigenvalue weighted by molar-refractivity contribution is -0.125. The number of rotatable bonds is 4. The van der Waals surface area contributed by atoms with Crippen molar-refractivity contribution in [1.82, 2.24) is 10.3 Å². The fourth-order valence-electron chi connectivity index (χ4n) is 3.90. The van der Waals surface area contributed by atoms with Gasteiger partial charge in [-0.2, -0.15) is 0 Å². The highest BCUT2D eigenvalue weighted by Gasteiger charge is 2.27. The van der Waals surface area contributed by atoms with Gasteiger partial charge in [-0.15, -0.1) is 0 Å². The van der Waals surface area contributed by atoms with Gasteiger partial charge < -0.3 is 15.0 Å². The number of fused-ring (bicyclic) bond motifs is 3. The minimum atomic E-state index is 0.0255. The van der Waals surface area contributed by atoms with Crippen LogP contribution in [0, 0.1) is 12.8 Å². The van der Waals surface area contributed by atoms with E-state index in [1.54, 1.807) is 7.11 Å². The van der Waals surface area contributed by atoms with E-state index in [1.807, 2.05) is 12.1 Å². The van der Waals surface area contributed by atoms with Crippen LogP contribution in [-0.2, 0) is 24.2 Å². The highest BCUT2D eigenvalue weighted by molar-refractivity contribution is 5.88. The van der Waals surface area contributed by atoms with Crippen molar-refractivity contribution in [1.29, 1.82) is 0 Å². The van der Waals surface area contributed by atoms with Gasteiger partial charge in [-0.25, -0.2) is 0 Å². The van der Waals surface area contributed by atoms with Gasteiger partial charge in [0.2, 0.25) is 5.91 Å². The third-order valence-corrected chi connectivity index (χ3v) is 5.32. The van der Waals surface area contributed by atoms with E-state index in [0.29, 0.717) is 6.54 Å². The van der Waals surface area contributed by atoms with Crippen LogP contribution < -0.4 is 10.1 Å². The average molecular weight is 348 g/mol. The Morgan fingerprint density at radius 1 is 1.27 bits per heavy atom. The van der Waals surface area contributed by atoms with Crippen molar-refractivity contribution >= 4 is 16.8 Å².